The van der Waals surface area contributed by atoms with Crippen LogP contribution < -0.4 is 0 Å². The van der Waals surface area contributed by atoms with Gasteiger partial charge in [0.2, 0.25) is 0 Å². The van der Waals surface area contributed by atoms with Crippen molar-refractivity contribution in [1.82, 2.24) is 0 Å². The van der Waals surface area contributed by atoms with Crippen LogP contribution in [-0.2, 0) is 0 Å². The van der Waals surface area contributed by atoms with E-state index in [1.165, 1.54) is 23.5 Å². The van der Waals surface area contributed by atoms with Crippen LogP contribution in [0.5, 0.6) is 0 Å². The third-order valence-electron chi connectivity index (χ3n) is 4.22. The van der Waals surface area contributed by atoms with Crippen molar-refractivity contribution >= 4 is 15.8 Å². The van der Waals surface area contributed by atoms with Crippen LogP contribution in [0.15, 0.2) is 23.8 Å². The molecule has 2 aliphatic heterocycles. The maximum absolute atomic E-state index is 4.39. The van der Waals surface area contributed by atoms with Gasteiger partial charge in [0.1, 0.15) is 0 Å². The average Bonchev–Trinajstić information content (AvgIpc) is 2.16. The fourth-order valence-electron chi connectivity index (χ4n) is 3.40. The van der Waals surface area contributed by atoms with Gasteiger partial charge in [-0.1, -0.05) is 56.7 Å². The molecule has 2 fully saturated rings. The molecule has 0 aromatic rings. The standard InChI is InChI=1S/C14H24P2/c1-9-7-10(2)15(9)13(5)14(6)16-11(3)8-12(16)4/h9-12H,5-8H2,1-4H3/t9-,10-,11-,12-/m0/s1. The molecular weight excluding hydrogens is 230 g/mol. The van der Waals surface area contributed by atoms with E-state index in [2.05, 4.69) is 40.9 Å². The molecule has 0 spiro atoms. The lowest BCUT2D eigenvalue weighted by Crippen LogP contribution is -2.29. The van der Waals surface area contributed by atoms with Gasteiger partial charge in [0.15, 0.2) is 0 Å². The van der Waals surface area contributed by atoms with Gasteiger partial charge >= 0.3 is 0 Å². The molecule has 2 saturated heterocycles. The Balaban J connectivity index is 2.02. The summed E-state index contributed by atoms with van der Waals surface area (Å²) >= 11 is 0. The van der Waals surface area contributed by atoms with E-state index in [1.54, 1.807) is 0 Å². The first kappa shape index (κ1) is 12.8. The molecule has 0 radical (unpaired) electrons. The van der Waals surface area contributed by atoms with E-state index in [0.29, 0.717) is 0 Å². The molecule has 0 N–H and O–H groups in total. The summed E-state index contributed by atoms with van der Waals surface area (Å²) in [4.78, 5) is 0. The first-order valence-electron chi connectivity index (χ1n) is 6.38. The van der Waals surface area contributed by atoms with Crippen molar-refractivity contribution in [3.63, 3.8) is 0 Å². The second kappa shape index (κ2) is 4.55. The molecule has 2 rings (SSSR count). The van der Waals surface area contributed by atoms with Crippen molar-refractivity contribution in [2.45, 2.75) is 63.2 Å². The zero-order chi connectivity index (χ0) is 12.0. The van der Waals surface area contributed by atoms with Crippen molar-refractivity contribution in [3.8, 4) is 0 Å². The maximum Gasteiger partial charge on any atom is -0.0189 e. The highest BCUT2D eigenvalue weighted by molar-refractivity contribution is 7.71. The Morgan fingerprint density at radius 2 is 1.00 bits per heavy atom. The average molecular weight is 254 g/mol. The summed E-state index contributed by atoms with van der Waals surface area (Å²) < 4.78 is 0. The topological polar surface area (TPSA) is 0 Å². The Morgan fingerprint density at radius 1 is 0.750 bits per heavy atom. The SMILES string of the molecule is C=C(C(=C)P1[C@@H](C)C[C@@H]1C)P1[C@@H](C)C[C@@H]1C. The minimum Gasteiger partial charge on any atom is -0.0907 e. The van der Waals surface area contributed by atoms with Gasteiger partial charge in [-0.05, 0) is 46.1 Å². The van der Waals surface area contributed by atoms with E-state index in [1.807, 2.05) is 0 Å². The summed E-state index contributed by atoms with van der Waals surface area (Å²) in [5.41, 5.74) is 3.60. The number of allylic oxidation sites excluding steroid dienone is 2. The molecule has 2 heterocycles. The lowest BCUT2D eigenvalue weighted by Gasteiger charge is -2.48. The summed E-state index contributed by atoms with van der Waals surface area (Å²) in [6, 6.07) is 0. The predicted molar refractivity (Wildman–Crippen MR) is 79.2 cm³/mol. The molecular formula is C14H24P2. The van der Waals surface area contributed by atoms with Crippen LogP contribution in [0, 0.1) is 0 Å². The summed E-state index contributed by atoms with van der Waals surface area (Å²) in [6.45, 7) is 18.4. The van der Waals surface area contributed by atoms with Gasteiger partial charge in [-0.25, -0.2) is 0 Å². The van der Waals surface area contributed by atoms with Crippen molar-refractivity contribution in [3.05, 3.63) is 23.8 Å². The zero-order valence-corrected chi connectivity index (χ0v) is 12.8. The van der Waals surface area contributed by atoms with E-state index >= 15 is 0 Å². The van der Waals surface area contributed by atoms with Gasteiger partial charge in [0.25, 0.3) is 0 Å². The minimum atomic E-state index is 0.0590. The van der Waals surface area contributed by atoms with Crippen molar-refractivity contribution in [1.29, 1.82) is 0 Å². The summed E-state index contributed by atoms with van der Waals surface area (Å²) in [7, 11) is 0.118. The highest BCUT2D eigenvalue weighted by Gasteiger charge is 2.42. The molecule has 0 bridgehead atoms. The maximum atomic E-state index is 4.39. The van der Waals surface area contributed by atoms with Crippen LogP contribution in [0.2, 0.25) is 0 Å². The fraction of sp³-hybridized carbons (Fsp3) is 0.714. The highest BCUT2D eigenvalue weighted by Crippen LogP contribution is 2.73. The molecule has 0 aromatic heterocycles. The first-order chi connectivity index (χ1) is 7.43. The van der Waals surface area contributed by atoms with Crippen LogP contribution in [0.3, 0.4) is 0 Å². The summed E-state index contributed by atoms with van der Waals surface area (Å²) in [5, 5.41) is 2.93. The van der Waals surface area contributed by atoms with Gasteiger partial charge in [-0.2, -0.15) is 0 Å². The Kier molecular flexibility index (Phi) is 3.63. The molecule has 2 aliphatic rings. The van der Waals surface area contributed by atoms with E-state index in [9.17, 15) is 0 Å². The minimum absolute atomic E-state index is 0.0590. The number of rotatable bonds is 3. The van der Waals surface area contributed by atoms with Crippen molar-refractivity contribution in [2.75, 3.05) is 0 Å². The van der Waals surface area contributed by atoms with Gasteiger partial charge in [0, 0.05) is 0 Å². The molecule has 0 saturated carbocycles. The molecule has 0 aliphatic carbocycles. The first-order valence-corrected chi connectivity index (χ1v) is 9.34. The Morgan fingerprint density at radius 3 is 1.19 bits per heavy atom. The van der Waals surface area contributed by atoms with Crippen LogP contribution in [0.25, 0.3) is 0 Å². The Hall–Kier alpha value is 0.340. The number of hydrogen-bond donors (Lipinski definition) is 0. The van der Waals surface area contributed by atoms with E-state index < -0.39 is 0 Å². The molecule has 90 valence electrons. The lowest BCUT2D eigenvalue weighted by atomic mass is 10.2. The second-order valence-corrected chi connectivity index (χ2v) is 11.8. The molecule has 0 nitrogen and oxygen atoms in total. The van der Waals surface area contributed by atoms with Crippen LogP contribution in [0.1, 0.15) is 40.5 Å². The highest BCUT2D eigenvalue weighted by atomic mass is 31.1. The Bertz CT molecular complexity index is 273. The largest absolute Gasteiger partial charge is 0.0907 e. The molecule has 2 heteroatoms. The van der Waals surface area contributed by atoms with Gasteiger partial charge in [-0.3, -0.25) is 0 Å². The monoisotopic (exact) mass is 254 g/mol. The van der Waals surface area contributed by atoms with E-state index in [-0.39, 0.29) is 15.8 Å². The molecule has 4 atom stereocenters. The van der Waals surface area contributed by atoms with Crippen molar-refractivity contribution in [2.24, 2.45) is 0 Å². The summed E-state index contributed by atoms with van der Waals surface area (Å²) in [6.07, 6.45) is 2.81. The normalized spacial score (nSPS) is 40.0. The summed E-state index contributed by atoms with van der Waals surface area (Å²) in [5.74, 6) is 0. The van der Waals surface area contributed by atoms with E-state index in [0.717, 1.165) is 22.6 Å². The predicted octanol–water partition coefficient (Wildman–Crippen LogP) is 5.34. The molecule has 0 unspecified atom stereocenters. The smallest absolute Gasteiger partial charge is 0.0189 e. The zero-order valence-electron chi connectivity index (χ0n) is 11.0. The van der Waals surface area contributed by atoms with Gasteiger partial charge in [0.05, 0.1) is 0 Å². The fourth-order valence-corrected chi connectivity index (χ4v) is 9.94. The van der Waals surface area contributed by atoms with Crippen LogP contribution >= 0.6 is 15.8 Å². The Labute approximate surface area is 103 Å². The third-order valence-corrected chi connectivity index (χ3v) is 10.8. The molecule has 16 heavy (non-hydrogen) atoms. The molecule has 0 amide bonds. The number of hydrogen-bond acceptors (Lipinski definition) is 0. The lowest BCUT2D eigenvalue weighted by molar-refractivity contribution is 0.706. The van der Waals surface area contributed by atoms with Gasteiger partial charge in [-0.15, -0.1) is 0 Å². The van der Waals surface area contributed by atoms with Crippen LogP contribution in [0.4, 0.5) is 0 Å². The van der Waals surface area contributed by atoms with E-state index in [4.69, 9.17) is 0 Å². The third kappa shape index (κ3) is 1.93. The second-order valence-electron chi connectivity index (χ2n) is 5.58. The van der Waals surface area contributed by atoms with Crippen LogP contribution in [-0.4, -0.2) is 22.6 Å². The van der Waals surface area contributed by atoms with Gasteiger partial charge < -0.3 is 0 Å². The molecule has 0 aromatic carbocycles. The van der Waals surface area contributed by atoms with Crippen molar-refractivity contribution < 1.29 is 0 Å². The quantitative estimate of drug-likeness (QED) is 0.471.